The van der Waals surface area contributed by atoms with Gasteiger partial charge in [0.15, 0.2) is 0 Å². The Kier molecular flexibility index (Phi) is 3.89. The van der Waals surface area contributed by atoms with Crippen LogP contribution in [0.2, 0.25) is 5.15 Å². The summed E-state index contributed by atoms with van der Waals surface area (Å²) in [6.45, 7) is 2.05. The second kappa shape index (κ2) is 5.60. The van der Waals surface area contributed by atoms with Crippen molar-refractivity contribution in [3.05, 3.63) is 47.4 Å². The molecular weight excluding hydrogens is 252 g/mol. The standard InChI is InChI=1S/C13H11ClN2O2/c1-2-18-13(17)10-3-4-11(16-12(10)14)9-5-7-15-8-6-9/h3-8H,2H2,1H3. The molecule has 0 fully saturated rings. The summed E-state index contributed by atoms with van der Waals surface area (Å²) in [6.07, 6.45) is 3.34. The first-order chi connectivity index (χ1) is 8.72. The monoisotopic (exact) mass is 262 g/mol. The van der Waals surface area contributed by atoms with Crippen molar-refractivity contribution >= 4 is 17.6 Å². The van der Waals surface area contributed by atoms with E-state index in [0.29, 0.717) is 12.3 Å². The number of hydrogen-bond donors (Lipinski definition) is 0. The van der Waals surface area contributed by atoms with Crippen LogP contribution in [0.1, 0.15) is 17.3 Å². The van der Waals surface area contributed by atoms with Crippen molar-refractivity contribution in [1.29, 1.82) is 0 Å². The van der Waals surface area contributed by atoms with Crippen LogP contribution < -0.4 is 0 Å². The summed E-state index contributed by atoms with van der Waals surface area (Å²) in [4.78, 5) is 19.7. The Morgan fingerprint density at radius 1 is 1.28 bits per heavy atom. The Morgan fingerprint density at radius 2 is 2.00 bits per heavy atom. The summed E-state index contributed by atoms with van der Waals surface area (Å²) in [7, 11) is 0. The SMILES string of the molecule is CCOC(=O)c1ccc(-c2ccncc2)nc1Cl. The van der Waals surface area contributed by atoms with Crippen LogP contribution in [0.4, 0.5) is 0 Å². The fourth-order valence-corrected chi connectivity index (χ4v) is 1.71. The van der Waals surface area contributed by atoms with Crippen LogP contribution in [0.5, 0.6) is 0 Å². The zero-order valence-electron chi connectivity index (χ0n) is 9.76. The maximum Gasteiger partial charge on any atom is 0.341 e. The van der Waals surface area contributed by atoms with Crippen molar-refractivity contribution in [2.24, 2.45) is 0 Å². The maximum atomic E-state index is 11.6. The number of esters is 1. The van der Waals surface area contributed by atoms with Crippen LogP contribution >= 0.6 is 11.6 Å². The minimum absolute atomic E-state index is 0.141. The van der Waals surface area contributed by atoms with E-state index >= 15 is 0 Å². The minimum Gasteiger partial charge on any atom is -0.462 e. The van der Waals surface area contributed by atoms with Gasteiger partial charge in [0, 0.05) is 18.0 Å². The molecular formula is C13H11ClN2O2. The van der Waals surface area contributed by atoms with E-state index in [2.05, 4.69) is 9.97 Å². The summed E-state index contributed by atoms with van der Waals surface area (Å²) in [6, 6.07) is 6.99. The molecule has 4 nitrogen and oxygen atoms in total. The Morgan fingerprint density at radius 3 is 2.61 bits per heavy atom. The molecule has 0 aliphatic heterocycles. The molecule has 18 heavy (non-hydrogen) atoms. The highest BCUT2D eigenvalue weighted by Crippen LogP contribution is 2.21. The first-order valence-electron chi connectivity index (χ1n) is 5.46. The van der Waals surface area contributed by atoms with Gasteiger partial charge in [-0.2, -0.15) is 0 Å². The van der Waals surface area contributed by atoms with Gasteiger partial charge in [-0.05, 0) is 31.2 Å². The van der Waals surface area contributed by atoms with E-state index in [9.17, 15) is 4.79 Å². The molecule has 0 N–H and O–H groups in total. The highest BCUT2D eigenvalue weighted by molar-refractivity contribution is 6.32. The number of aromatic nitrogens is 2. The van der Waals surface area contributed by atoms with Crippen LogP contribution in [0.15, 0.2) is 36.7 Å². The zero-order valence-corrected chi connectivity index (χ0v) is 10.5. The smallest absolute Gasteiger partial charge is 0.341 e. The van der Waals surface area contributed by atoms with E-state index in [1.807, 2.05) is 12.1 Å². The molecule has 2 aromatic rings. The summed E-state index contributed by atoms with van der Waals surface area (Å²) < 4.78 is 4.88. The molecule has 0 radical (unpaired) electrons. The molecule has 0 bridgehead atoms. The molecule has 5 heteroatoms. The number of hydrogen-bond acceptors (Lipinski definition) is 4. The molecule has 0 aliphatic rings. The number of rotatable bonds is 3. The number of halogens is 1. The Hall–Kier alpha value is -1.94. The fourth-order valence-electron chi connectivity index (χ4n) is 1.48. The molecule has 2 heterocycles. The van der Waals surface area contributed by atoms with Crippen molar-refractivity contribution in [2.75, 3.05) is 6.61 Å². The van der Waals surface area contributed by atoms with E-state index in [4.69, 9.17) is 16.3 Å². The van der Waals surface area contributed by atoms with Gasteiger partial charge in [-0.1, -0.05) is 11.6 Å². The Labute approximate surface area is 110 Å². The largest absolute Gasteiger partial charge is 0.462 e. The fraction of sp³-hybridized carbons (Fsp3) is 0.154. The summed E-state index contributed by atoms with van der Waals surface area (Å²) in [5.41, 5.74) is 1.86. The molecule has 0 aliphatic carbocycles. The quantitative estimate of drug-likeness (QED) is 0.630. The first kappa shape index (κ1) is 12.5. The van der Waals surface area contributed by atoms with E-state index in [1.165, 1.54) is 0 Å². The van der Waals surface area contributed by atoms with Crippen molar-refractivity contribution in [1.82, 2.24) is 9.97 Å². The Bertz CT molecular complexity index is 558. The van der Waals surface area contributed by atoms with Crippen molar-refractivity contribution < 1.29 is 9.53 Å². The molecule has 0 saturated carbocycles. The zero-order chi connectivity index (χ0) is 13.0. The number of nitrogens with zero attached hydrogens (tertiary/aromatic N) is 2. The maximum absolute atomic E-state index is 11.6. The van der Waals surface area contributed by atoms with Gasteiger partial charge in [-0.15, -0.1) is 0 Å². The van der Waals surface area contributed by atoms with Crippen LogP contribution in [0.3, 0.4) is 0 Å². The van der Waals surface area contributed by atoms with E-state index in [0.717, 1.165) is 5.56 Å². The van der Waals surface area contributed by atoms with Gasteiger partial charge in [0.1, 0.15) is 5.15 Å². The van der Waals surface area contributed by atoms with Crippen LogP contribution in [-0.4, -0.2) is 22.5 Å². The first-order valence-corrected chi connectivity index (χ1v) is 5.84. The third-order valence-electron chi connectivity index (χ3n) is 2.32. The summed E-state index contributed by atoms with van der Waals surface area (Å²) in [5.74, 6) is -0.462. The van der Waals surface area contributed by atoms with Crippen molar-refractivity contribution in [3.63, 3.8) is 0 Å². The second-order valence-electron chi connectivity index (χ2n) is 3.49. The number of carbonyl (C=O) groups excluding carboxylic acids is 1. The van der Waals surface area contributed by atoms with E-state index in [1.54, 1.807) is 31.5 Å². The minimum atomic E-state index is -0.462. The lowest BCUT2D eigenvalue weighted by molar-refractivity contribution is 0.0526. The predicted molar refractivity (Wildman–Crippen MR) is 68.4 cm³/mol. The third-order valence-corrected chi connectivity index (χ3v) is 2.61. The number of ether oxygens (including phenoxy) is 1. The molecule has 0 aromatic carbocycles. The molecule has 2 aromatic heterocycles. The molecule has 0 unspecified atom stereocenters. The molecule has 0 spiro atoms. The van der Waals surface area contributed by atoms with Gasteiger partial charge in [0.2, 0.25) is 0 Å². The third kappa shape index (κ3) is 2.65. The average Bonchev–Trinajstić information content (AvgIpc) is 2.40. The van der Waals surface area contributed by atoms with Gasteiger partial charge in [0.05, 0.1) is 17.9 Å². The van der Waals surface area contributed by atoms with Gasteiger partial charge in [-0.3, -0.25) is 4.98 Å². The second-order valence-corrected chi connectivity index (χ2v) is 3.85. The molecule has 0 saturated heterocycles. The van der Waals surface area contributed by atoms with Crippen LogP contribution in [-0.2, 0) is 4.74 Å². The lowest BCUT2D eigenvalue weighted by Gasteiger charge is -2.05. The highest BCUT2D eigenvalue weighted by Gasteiger charge is 2.13. The molecule has 0 amide bonds. The molecule has 92 valence electrons. The van der Waals surface area contributed by atoms with Gasteiger partial charge < -0.3 is 4.74 Å². The number of carbonyl (C=O) groups is 1. The topological polar surface area (TPSA) is 52.1 Å². The predicted octanol–water partition coefficient (Wildman–Crippen LogP) is 2.97. The lowest BCUT2D eigenvalue weighted by Crippen LogP contribution is -2.06. The van der Waals surface area contributed by atoms with Crippen LogP contribution in [0, 0.1) is 0 Å². The lowest BCUT2D eigenvalue weighted by atomic mass is 10.1. The van der Waals surface area contributed by atoms with Gasteiger partial charge in [0.25, 0.3) is 0 Å². The van der Waals surface area contributed by atoms with Crippen LogP contribution in [0.25, 0.3) is 11.3 Å². The molecule has 2 rings (SSSR count). The van der Waals surface area contributed by atoms with Crippen molar-refractivity contribution in [3.8, 4) is 11.3 Å². The van der Waals surface area contributed by atoms with Crippen molar-refractivity contribution in [2.45, 2.75) is 6.92 Å². The van der Waals surface area contributed by atoms with E-state index in [-0.39, 0.29) is 10.7 Å². The Balaban J connectivity index is 2.34. The van der Waals surface area contributed by atoms with Gasteiger partial charge >= 0.3 is 5.97 Å². The summed E-state index contributed by atoms with van der Waals surface area (Å²) in [5, 5.41) is 0.141. The normalized spacial score (nSPS) is 10.1. The highest BCUT2D eigenvalue weighted by atomic mass is 35.5. The van der Waals surface area contributed by atoms with Gasteiger partial charge in [-0.25, -0.2) is 9.78 Å². The summed E-state index contributed by atoms with van der Waals surface area (Å²) >= 11 is 5.98. The average molecular weight is 263 g/mol. The van der Waals surface area contributed by atoms with E-state index < -0.39 is 5.97 Å². The molecule has 0 atom stereocenters. The number of pyridine rings is 2.